The summed E-state index contributed by atoms with van der Waals surface area (Å²) in [5, 5.41) is 11.5. The number of benzene rings is 3. The lowest BCUT2D eigenvalue weighted by Crippen LogP contribution is -2.18. The van der Waals surface area contributed by atoms with E-state index >= 15 is 0 Å². The van der Waals surface area contributed by atoms with Crippen molar-refractivity contribution in [3.8, 4) is 16.9 Å². The zero-order valence-corrected chi connectivity index (χ0v) is 16.0. The fourth-order valence-electron chi connectivity index (χ4n) is 3.72. The predicted octanol–water partition coefficient (Wildman–Crippen LogP) is 5.35. The number of carboxylic acids is 1. The molecular formula is C23H17F2NO5. The normalized spacial score (nSPS) is 12.2. The van der Waals surface area contributed by atoms with E-state index in [1.807, 2.05) is 48.5 Å². The first kappa shape index (κ1) is 20.3. The smallest absolute Gasteiger partial charge is 0.411 e. The molecule has 0 atom stereocenters. The van der Waals surface area contributed by atoms with Crippen molar-refractivity contribution in [2.24, 2.45) is 0 Å². The van der Waals surface area contributed by atoms with Crippen molar-refractivity contribution in [3.05, 3.63) is 83.4 Å². The Bertz CT molecular complexity index is 1100. The lowest BCUT2D eigenvalue weighted by atomic mass is 9.98. The minimum atomic E-state index is -3.13. The van der Waals surface area contributed by atoms with Gasteiger partial charge in [-0.15, -0.1) is 0 Å². The number of ether oxygens (including phenoxy) is 2. The summed E-state index contributed by atoms with van der Waals surface area (Å²) < 4.78 is 34.6. The summed E-state index contributed by atoms with van der Waals surface area (Å²) in [4.78, 5) is 23.6. The van der Waals surface area contributed by atoms with Crippen LogP contribution in [0.2, 0.25) is 0 Å². The number of anilines is 1. The molecule has 0 saturated heterocycles. The van der Waals surface area contributed by atoms with Crippen molar-refractivity contribution in [2.75, 3.05) is 11.9 Å². The number of amides is 1. The lowest BCUT2D eigenvalue weighted by molar-refractivity contribution is -0.0498. The number of carboxylic acid groups (broad SMARTS) is 1. The Morgan fingerprint density at radius 2 is 1.58 bits per heavy atom. The van der Waals surface area contributed by atoms with E-state index in [0.29, 0.717) is 0 Å². The minimum absolute atomic E-state index is 0.0345. The number of aromatic carboxylic acids is 1. The molecule has 8 heteroatoms. The van der Waals surface area contributed by atoms with E-state index in [1.54, 1.807) is 0 Å². The third-order valence-corrected chi connectivity index (χ3v) is 4.97. The van der Waals surface area contributed by atoms with Crippen molar-refractivity contribution in [1.29, 1.82) is 0 Å². The van der Waals surface area contributed by atoms with E-state index in [0.717, 1.165) is 40.5 Å². The molecular weight excluding hydrogens is 408 g/mol. The van der Waals surface area contributed by atoms with Crippen LogP contribution in [0.5, 0.6) is 5.75 Å². The Morgan fingerprint density at radius 1 is 0.968 bits per heavy atom. The maximum atomic E-state index is 12.5. The van der Waals surface area contributed by atoms with Gasteiger partial charge in [-0.05, 0) is 34.4 Å². The zero-order valence-electron chi connectivity index (χ0n) is 16.0. The SMILES string of the molecule is O=C(Nc1cc(OC(F)F)cc(C(=O)O)c1)OCC1c2ccccc2-c2ccccc21. The molecule has 0 aliphatic heterocycles. The maximum absolute atomic E-state index is 12.5. The van der Waals surface area contributed by atoms with Gasteiger partial charge in [-0.1, -0.05) is 48.5 Å². The first-order chi connectivity index (χ1) is 14.9. The monoisotopic (exact) mass is 425 g/mol. The second-order valence-corrected chi connectivity index (χ2v) is 6.88. The summed E-state index contributed by atoms with van der Waals surface area (Å²) in [7, 11) is 0. The molecule has 3 aromatic carbocycles. The summed E-state index contributed by atoms with van der Waals surface area (Å²) in [6.45, 7) is -3.08. The predicted molar refractivity (Wildman–Crippen MR) is 109 cm³/mol. The largest absolute Gasteiger partial charge is 0.478 e. The second-order valence-electron chi connectivity index (χ2n) is 6.88. The number of alkyl halides is 2. The summed E-state index contributed by atoms with van der Waals surface area (Å²) in [6.07, 6.45) is -0.840. The van der Waals surface area contributed by atoms with Crippen molar-refractivity contribution >= 4 is 17.7 Å². The van der Waals surface area contributed by atoms with Gasteiger partial charge in [0, 0.05) is 17.7 Å². The molecule has 6 nitrogen and oxygen atoms in total. The first-order valence-corrected chi connectivity index (χ1v) is 9.37. The molecule has 1 aliphatic carbocycles. The van der Waals surface area contributed by atoms with Gasteiger partial charge in [-0.3, -0.25) is 5.32 Å². The summed E-state index contributed by atoms with van der Waals surface area (Å²) in [5.41, 5.74) is 3.89. The Kier molecular flexibility index (Phi) is 5.53. The summed E-state index contributed by atoms with van der Waals surface area (Å²) >= 11 is 0. The summed E-state index contributed by atoms with van der Waals surface area (Å²) in [5.74, 6) is -1.89. The number of hydrogen-bond acceptors (Lipinski definition) is 4. The van der Waals surface area contributed by atoms with E-state index < -0.39 is 18.7 Å². The highest BCUT2D eigenvalue weighted by molar-refractivity contribution is 5.92. The number of nitrogens with one attached hydrogen (secondary N) is 1. The Balaban J connectivity index is 1.49. The van der Waals surface area contributed by atoms with Gasteiger partial charge in [0.1, 0.15) is 12.4 Å². The van der Waals surface area contributed by atoms with E-state index in [9.17, 15) is 18.4 Å². The summed E-state index contributed by atoms with van der Waals surface area (Å²) in [6, 6.07) is 18.9. The molecule has 2 N–H and O–H groups in total. The number of halogens is 2. The van der Waals surface area contributed by atoms with Crippen LogP contribution in [-0.2, 0) is 4.74 Å². The maximum Gasteiger partial charge on any atom is 0.411 e. The highest BCUT2D eigenvalue weighted by Crippen LogP contribution is 2.44. The van der Waals surface area contributed by atoms with Gasteiger partial charge in [0.15, 0.2) is 0 Å². The molecule has 31 heavy (non-hydrogen) atoms. The quantitative estimate of drug-likeness (QED) is 0.556. The number of fused-ring (bicyclic) bond motifs is 3. The van der Waals surface area contributed by atoms with Crippen LogP contribution < -0.4 is 10.1 Å². The van der Waals surface area contributed by atoms with Crippen LogP contribution in [0, 0.1) is 0 Å². The topological polar surface area (TPSA) is 84.9 Å². The van der Waals surface area contributed by atoms with E-state index in [1.165, 1.54) is 0 Å². The molecule has 0 fully saturated rings. The molecule has 0 radical (unpaired) electrons. The van der Waals surface area contributed by atoms with Gasteiger partial charge < -0.3 is 14.6 Å². The molecule has 0 unspecified atom stereocenters. The van der Waals surface area contributed by atoms with Crippen molar-refractivity contribution < 1.29 is 33.0 Å². The molecule has 1 aliphatic rings. The molecule has 0 spiro atoms. The van der Waals surface area contributed by atoms with Crippen LogP contribution in [0.3, 0.4) is 0 Å². The van der Waals surface area contributed by atoms with Crippen LogP contribution in [0.4, 0.5) is 19.3 Å². The molecule has 0 aromatic heterocycles. The fourth-order valence-corrected chi connectivity index (χ4v) is 3.72. The number of carbonyl (C=O) groups excluding carboxylic acids is 1. The Labute approximate surface area is 176 Å². The molecule has 0 heterocycles. The van der Waals surface area contributed by atoms with Crippen LogP contribution >= 0.6 is 0 Å². The van der Waals surface area contributed by atoms with Crippen LogP contribution in [0.25, 0.3) is 11.1 Å². The second kappa shape index (κ2) is 8.43. The molecule has 1 amide bonds. The van der Waals surface area contributed by atoms with Gasteiger partial charge in [-0.2, -0.15) is 8.78 Å². The third-order valence-electron chi connectivity index (χ3n) is 4.97. The van der Waals surface area contributed by atoms with Gasteiger partial charge in [0.2, 0.25) is 0 Å². The highest BCUT2D eigenvalue weighted by atomic mass is 19.3. The average molecular weight is 425 g/mol. The standard InChI is InChI=1S/C23H17F2NO5/c24-22(25)31-15-10-13(21(27)28)9-14(11-15)26-23(29)30-12-20-18-7-3-1-5-16(18)17-6-2-4-8-19(17)20/h1-11,20,22H,12H2,(H,26,29)(H,27,28). The van der Waals surface area contributed by atoms with Crippen molar-refractivity contribution in [1.82, 2.24) is 0 Å². The molecule has 0 saturated carbocycles. The first-order valence-electron chi connectivity index (χ1n) is 9.37. The molecule has 4 rings (SSSR count). The van der Waals surface area contributed by atoms with Crippen LogP contribution in [0.15, 0.2) is 66.7 Å². The van der Waals surface area contributed by atoms with Gasteiger partial charge in [-0.25, -0.2) is 9.59 Å². The lowest BCUT2D eigenvalue weighted by Gasteiger charge is -2.15. The molecule has 0 bridgehead atoms. The molecule has 158 valence electrons. The highest BCUT2D eigenvalue weighted by Gasteiger charge is 2.29. The Hall–Kier alpha value is -3.94. The minimum Gasteiger partial charge on any atom is -0.478 e. The fraction of sp³-hybridized carbons (Fsp3) is 0.130. The van der Waals surface area contributed by atoms with Crippen LogP contribution in [0.1, 0.15) is 27.4 Å². The number of carbonyl (C=O) groups is 2. The van der Waals surface area contributed by atoms with E-state index in [4.69, 9.17) is 9.84 Å². The van der Waals surface area contributed by atoms with Gasteiger partial charge in [0.25, 0.3) is 0 Å². The number of rotatable bonds is 6. The third kappa shape index (κ3) is 4.32. The van der Waals surface area contributed by atoms with Gasteiger partial charge >= 0.3 is 18.7 Å². The Morgan fingerprint density at radius 3 is 2.16 bits per heavy atom. The number of hydrogen-bond donors (Lipinski definition) is 2. The van der Waals surface area contributed by atoms with E-state index in [2.05, 4.69) is 10.1 Å². The van der Waals surface area contributed by atoms with Crippen molar-refractivity contribution in [2.45, 2.75) is 12.5 Å². The van der Waals surface area contributed by atoms with Gasteiger partial charge in [0.05, 0.1) is 5.56 Å². The van der Waals surface area contributed by atoms with Crippen molar-refractivity contribution in [3.63, 3.8) is 0 Å². The average Bonchev–Trinajstić information content (AvgIpc) is 3.05. The molecule has 3 aromatic rings. The zero-order chi connectivity index (χ0) is 22.0. The van der Waals surface area contributed by atoms with E-state index in [-0.39, 0.29) is 29.5 Å². The van der Waals surface area contributed by atoms with Crippen LogP contribution in [-0.4, -0.2) is 30.4 Å².